The lowest BCUT2D eigenvalue weighted by Crippen LogP contribution is -2.12. The zero-order valence-corrected chi connectivity index (χ0v) is 13.5. The van der Waals surface area contributed by atoms with Gasteiger partial charge in [-0.2, -0.15) is 5.10 Å². The van der Waals surface area contributed by atoms with Gasteiger partial charge >= 0.3 is 0 Å². The molecule has 0 bridgehead atoms. The van der Waals surface area contributed by atoms with E-state index in [4.69, 9.17) is 0 Å². The fourth-order valence-electron chi connectivity index (χ4n) is 2.26. The Morgan fingerprint density at radius 2 is 1.88 bits per heavy atom. The number of nitrogens with zero attached hydrogens (tertiary/aromatic N) is 1. The zero-order chi connectivity index (χ0) is 17.0. The van der Waals surface area contributed by atoms with Gasteiger partial charge in [-0.25, -0.2) is 8.42 Å². The molecule has 0 unspecified atom stereocenters. The predicted octanol–water partition coefficient (Wildman–Crippen LogP) is 2.64. The van der Waals surface area contributed by atoms with E-state index in [2.05, 4.69) is 15.5 Å². The van der Waals surface area contributed by atoms with E-state index in [1.54, 1.807) is 60.8 Å². The molecule has 0 radical (unpaired) electrons. The summed E-state index contributed by atoms with van der Waals surface area (Å²) in [6.07, 6.45) is 3.04. The van der Waals surface area contributed by atoms with E-state index in [-0.39, 0.29) is 16.6 Å². The third-order valence-corrected chi connectivity index (χ3v) is 5.11. The third kappa shape index (κ3) is 3.69. The highest BCUT2D eigenvalue weighted by molar-refractivity contribution is 7.90. The van der Waals surface area contributed by atoms with Gasteiger partial charge in [-0.3, -0.25) is 9.89 Å². The Morgan fingerprint density at radius 1 is 1.08 bits per heavy atom. The molecule has 1 heterocycles. The molecule has 0 aliphatic heterocycles. The Bertz CT molecular complexity index is 936. The minimum Gasteiger partial charge on any atom is -0.319 e. The fourth-order valence-corrected chi connectivity index (χ4v) is 3.61. The van der Waals surface area contributed by atoms with Gasteiger partial charge in [0.2, 0.25) is 0 Å². The number of amides is 1. The van der Waals surface area contributed by atoms with Crippen molar-refractivity contribution >= 4 is 21.4 Å². The van der Waals surface area contributed by atoms with Gasteiger partial charge in [-0.05, 0) is 29.8 Å². The first-order valence-corrected chi connectivity index (χ1v) is 8.87. The van der Waals surface area contributed by atoms with Gasteiger partial charge in [-0.1, -0.05) is 30.3 Å². The van der Waals surface area contributed by atoms with Crippen molar-refractivity contribution in [1.82, 2.24) is 10.2 Å². The van der Waals surface area contributed by atoms with Gasteiger partial charge < -0.3 is 5.32 Å². The van der Waals surface area contributed by atoms with E-state index in [1.807, 2.05) is 0 Å². The Hall–Kier alpha value is -2.93. The minimum absolute atomic E-state index is 0.163. The Kier molecular flexibility index (Phi) is 4.43. The van der Waals surface area contributed by atoms with Gasteiger partial charge in [0.25, 0.3) is 5.91 Å². The molecule has 1 aromatic heterocycles. The first-order chi connectivity index (χ1) is 11.5. The molecule has 2 N–H and O–H groups in total. The van der Waals surface area contributed by atoms with E-state index >= 15 is 0 Å². The SMILES string of the molecule is O=C(Nc1cn[nH]c1)c1cccc(CS(=O)(=O)c2ccccc2)c1. The van der Waals surface area contributed by atoms with Gasteiger partial charge in [0.1, 0.15) is 0 Å². The van der Waals surface area contributed by atoms with Crippen LogP contribution in [0.3, 0.4) is 0 Å². The van der Waals surface area contributed by atoms with E-state index in [0.717, 1.165) is 0 Å². The van der Waals surface area contributed by atoms with Crippen molar-refractivity contribution in [2.45, 2.75) is 10.6 Å². The van der Waals surface area contributed by atoms with Gasteiger partial charge in [-0.15, -0.1) is 0 Å². The normalized spacial score (nSPS) is 11.2. The maximum atomic E-state index is 12.4. The number of hydrogen-bond acceptors (Lipinski definition) is 4. The van der Waals surface area contributed by atoms with E-state index in [9.17, 15) is 13.2 Å². The molecular weight excluding hydrogens is 326 g/mol. The van der Waals surface area contributed by atoms with Crippen molar-refractivity contribution in [2.24, 2.45) is 0 Å². The highest BCUT2D eigenvalue weighted by Gasteiger charge is 2.16. The van der Waals surface area contributed by atoms with Crippen LogP contribution >= 0.6 is 0 Å². The summed E-state index contributed by atoms with van der Waals surface area (Å²) in [6, 6.07) is 14.8. The largest absolute Gasteiger partial charge is 0.319 e. The van der Waals surface area contributed by atoms with Crippen LogP contribution in [0.15, 0.2) is 71.9 Å². The van der Waals surface area contributed by atoms with Crippen LogP contribution in [-0.4, -0.2) is 24.5 Å². The topological polar surface area (TPSA) is 91.9 Å². The summed E-state index contributed by atoms with van der Waals surface area (Å²) in [6.45, 7) is 0. The highest BCUT2D eigenvalue weighted by Crippen LogP contribution is 2.17. The molecule has 0 spiro atoms. The van der Waals surface area contributed by atoms with Crippen LogP contribution in [0.4, 0.5) is 5.69 Å². The maximum Gasteiger partial charge on any atom is 0.255 e. The number of aromatic amines is 1. The monoisotopic (exact) mass is 341 g/mol. The smallest absolute Gasteiger partial charge is 0.255 e. The van der Waals surface area contributed by atoms with E-state index in [0.29, 0.717) is 16.8 Å². The number of aromatic nitrogens is 2. The number of carbonyl (C=O) groups excluding carboxylic acids is 1. The van der Waals surface area contributed by atoms with Crippen molar-refractivity contribution in [2.75, 3.05) is 5.32 Å². The van der Waals surface area contributed by atoms with Crippen LogP contribution in [0.2, 0.25) is 0 Å². The fraction of sp³-hybridized carbons (Fsp3) is 0.0588. The van der Waals surface area contributed by atoms with Crippen LogP contribution in [0.25, 0.3) is 0 Å². The summed E-state index contributed by atoms with van der Waals surface area (Å²) >= 11 is 0. The van der Waals surface area contributed by atoms with Crippen LogP contribution in [0, 0.1) is 0 Å². The summed E-state index contributed by atoms with van der Waals surface area (Å²) < 4.78 is 24.9. The molecular formula is C17H15N3O3S. The van der Waals surface area contributed by atoms with Crippen molar-refractivity contribution in [3.05, 3.63) is 78.1 Å². The highest BCUT2D eigenvalue weighted by atomic mass is 32.2. The summed E-state index contributed by atoms with van der Waals surface area (Å²) in [7, 11) is -3.45. The number of hydrogen-bond donors (Lipinski definition) is 2. The first kappa shape index (κ1) is 15.9. The standard InChI is InChI=1S/C17H15N3O3S/c21-17(20-15-10-18-19-11-15)14-6-4-5-13(9-14)12-24(22,23)16-7-2-1-3-8-16/h1-11H,12H2,(H,18,19)(H,20,21). The van der Waals surface area contributed by atoms with Crippen LogP contribution < -0.4 is 5.32 Å². The van der Waals surface area contributed by atoms with Gasteiger partial charge in [0, 0.05) is 11.8 Å². The van der Waals surface area contributed by atoms with Crippen molar-refractivity contribution in [1.29, 1.82) is 0 Å². The molecule has 6 nitrogen and oxygen atoms in total. The quantitative estimate of drug-likeness (QED) is 0.746. The second-order valence-corrected chi connectivity index (χ2v) is 7.20. The maximum absolute atomic E-state index is 12.4. The molecule has 1 amide bonds. The Labute approximate surface area is 139 Å². The van der Waals surface area contributed by atoms with Crippen LogP contribution in [-0.2, 0) is 15.6 Å². The summed E-state index contributed by atoms with van der Waals surface area (Å²) in [4.78, 5) is 12.5. The minimum atomic E-state index is -3.45. The van der Waals surface area contributed by atoms with Crippen molar-refractivity contribution < 1.29 is 13.2 Å². The summed E-state index contributed by atoms with van der Waals surface area (Å²) in [5, 5.41) is 9.03. The molecule has 0 fully saturated rings. The number of anilines is 1. The lowest BCUT2D eigenvalue weighted by atomic mass is 10.1. The number of nitrogens with one attached hydrogen (secondary N) is 2. The average molecular weight is 341 g/mol. The summed E-state index contributed by atoms with van der Waals surface area (Å²) in [5.41, 5.74) is 1.48. The first-order valence-electron chi connectivity index (χ1n) is 7.21. The Morgan fingerprint density at radius 3 is 2.58 bits per heavy atom. The number of rotatable bonds is 5. The average Bonchev–Trinajstić information content (AvgIpc) is 3.08. The molecule has 0 saturated heterocycles. The molecule has 0 saturated carbocycles. The molecule has 0 aliphatic rings. The third-order valence-electron chi connectivity index (χ3n) is 3.40. The second kappa shape index (κ2) is 6.67. The van der Waals surface area contributed by atoms with Crippen LogP contribution in [0.1, 0.15) is 15.9 Å². The van der Waals surface area contributed by atoms with Gasteiger partial charge in [0.05, 0.1) is 22.5 Å². The molecule has 24 heavy (non-hydrogen) atoms. The summed E-state index contributed by atoms with van der Waals surface area (Å²) in [5.74, 6) is -0.487. The predicted molar refractivity (Wildman–Crippen MR) is 90.3 cm³/mol. The Balaban J connectivity index is 1.79. The number of carbonyl (C=O) groups is 1. The van der Waals surface area contributed by atoms with E-state index < -0.39 is 9.84 Å². The van der Waals surface area contributed by atoms with Crippen molar-refractivity contribution in [3.8, 4) is 0 Å². The second-order valence-electron chi connectivity index (χ2n) is 5.21. The van der Waals surface area contributed by atoms with E-state index in [1.165, 1.54) is 6.20 Å². The molecule has 7 heteroatoms. The molecule has 3 aromatic rings. The number of H-pyrrole nitrogens is 1. The van der Waals surface area contributed by atoms with Crippen molar-refractivity contribution in [3.63, 3.8) is 0 Å². The molecule has 0 atom stereocenters. The molecule has 122 valence electrons. The van der Waals surface area contributed by atoms with Gasteiger partial charge in [0.15, 0.2) is 9.84 Å². The lowest BCUT2D eigenvalue weighted by molar-refractivity contribution is 0.102. The zero-order valence-electron chi connectivity index (χ0n) is 12.6. The molecule has 3 rings (SSSR count). The lowest BCUT2D eigenvalue weighted by Gasteiger charge is -2.07. The van der Waals surface area contributed by atoms with Crippen LogP contribution in [0.5, 0.6) is 0 Å². The molecule has 0 aliphatic carbocycles. The molecule has 2 aromatic carbocycles. The number of sulfone groups is 1. The number of benzene rings is 2.